The van der Waals surface area contributed by atoms with Crippen molar-refractivity contribution in [2.75, 3.05) is 20.3 Å². The predicted octanol–water partition coefficient (Wildman–Crippen LogP) is 1.29. The molecule has 0 aromatic heterocycles. The summed E-state index contributed by atoms with van der Waals surface area (Å²) < 4.78 is 5.06. The molecule has 0 aliphatic heterocycles. The first-order valence-corrected chi connectivity index (χ1v) is 6.47. The van der Waals surface area contributed by atoms with Gasteiger partial charge in [-0.1, -0.05) is 26.7 Å². The average Bonchev–Trinajstić information content (AvgIpc) is 3.07. The van der Waals surface area contributed by atoms with Crippen LogP contribution in [0, 0.1) is 11.3 Å². The molecule has 1 rings (SSSR count). The lowest BCUT2D eigenvalue weighted by molar-refractivity contribution is -0.123. The molecule has 0 saturated heterocycles. The lowest BCUT2D eigenvalue weighted by Gasteiger charge is -2.25. The standard InChI is InChI=1S/C13H26N2O2/c1-13(2,6-7-17-3)9-15-12(16)11(14)8-10-4-5-10/h10-11H,4-9,14H2,1-3H3,(H,15,16)/t11-/m0/s1. The number of carbonyl (C=O) groups is 1. The van der Waals surface area contributed by atoms with Crippen molar-refractivity contribution in [2.24, 2.45) is 17.1 Å². The Kier molecular flexibility index (Phi) is 5.40. The van der Waals surface area contributed by atoms with E-state index >= 15 is 0 Å². The van der Waals surface area contributed by atoms with Gasteiger partial charge in [0.25, 0.3) is 0 Å². The molecule has 0 aromatic carbocycles. The van der Waals surface area contributed by atoms with Crippen LogP contribution in [0.3, 0.4) is 0 Å². The Hall–Kier alpha value is -0.610. The zero-order chi connectivity index (χ0) is 12.9. The molecule has 1 aliphatic rings. The Labute approximate surface area is 104 Å². The molecule has 0 unspecified atom stereocenters. The van der Waals surface area contributed by atoms with Gasteiger partial charge in [0.1, 0.15) is 0 Å². The zero-order valence-corrected chi connectivity index (χ0v) is 11.3. The van der Waals surface area contributed by atoms with E-state index in [-0.39, 0.29) is 17.4 Å². The third-order valence-electron chi connectivity index (χ3n) is 3.35. The molecule has 0 heterocycles. The highest BCUT2D eigenvalue weighted by Gasteiger charge is 2.27. The second-order valence-electron chi connectivity index (χ2n) is 5.91. The third kappa shape index (κ3) is 6.03. The minimum atomic E-state index is -0.333. The number of methoxy groups -OCH3 is 1. The molecule has 4 heteroatoms. The van der Waals surface area contributed by atoms with E-state index in [1.165, 1.54) is 12.8 Å². The summed E-state index contributed by atoms with van der Waals surface area (Å²) in [7, 11) is 1.69. The summed E-state index contributed by atoms with van der Waals surface area (Å²) in [6.07, 6.45) is 4.24. The Morgan fingerprint density at radius 3 is 2.71 bits per heavy atom. The summed E-state index contributed by atoms with van der Waals surface area (Å²) in [4.78, 5) is 11.8. The number of amides is 1. The van der Waals surface area contributed by atoms with Gasteiger partial charge < -0.3 is 15.8 Å². The summed E-state index contributed by atoms with van der Waals surface area (Å²) in [6.45, 7) is 5.63. The minimum absolute atomic E-state index is 0.0117. The van der Waals surface area contributed by atoms with Crippen LogP contribution in [-0.2, 0) is 9.53 Å². The fourth-order valence-electron chi connectivity index (χ4n) is 1.74. The van der Waals surface area contributed by atoms with Gasteiger partial charge in [-0.3, -0.25) is 4.79 Å². The molecule has 0 spiro atoms. The van der Waals surface area contributed by atoms with Crippen molar-refractivity contribution in [3.8, 4) is 0 Å². The van der Waals surface area contributed by atoms with Crippen molar-refractivity contribution in [2.45, 2.75) is 45.6 Å². The smallest absolute Gasteiger partial charge is 0.236 e. The van der Waals surface area contributed by atoms with Crippen molar-refractivity contribution < 1.29 is 9.53 Å². The summed E-state index contributed by atoms with van der Waals surface area (Å²) in [5, 5.41) is 2.95. The molecule has 1 saturated carbocycles. The molecule has 0 aromatic rings. The first-order valence-electron chi connectivity index (χ1n) is 6.47. The Morgan fingerprint density at radius 1 is 1.53 bits per heavy atom. The van der Waals surface area contributed by atoms with Crippen molar-refractivity contribution >= 4 is 5.91 Å². The van der Waals surface area contributed by atoms with Crippen molar-refractivity contribution in [1.82, 2.24) is 5.32 Å². The molecule has 3 N–H and O–H groups in total. The number of rotatable bonds is 8. The third-order valence-corrected chi connectivity index (χ3v) is 3.35. The quantitative estimate of drug-likeness (QED) is 0.674. The number of carbonyl (C=O) groups excluding carboxylic acids is 1. The van der Waals surface area contributed by atoms with Gasteiger partial charge in [0.15, 0.2) is 0 Å². The molecule has 1 atom stereocenters. The second-order valence-corrected chi connectivity index (χ2v) is 5.91. The molecule has 1 amide bonds. The van der Waals surface area contributed by atoms with Gasteiger partial charge >= 0.3 is 0 Å². The summed E-state index contributed by atoms with van der Waals surface area (Å²) in [5.41, 5.74) is 5.91. The van der Waals surface area contributed by atoms with Gasteiger partial charge in [-0.05, 0) is 24.2 Å². The monoisotopic (exact) mass is 242 g/mol. The van der Waals surface area contributed by atoms with Crippen LogP contribution in [0.1, 0.15) is 39.5 Å². The van der Waals surface area contributed by atoms with Gasteiger partial charge in [-0.25, -0.2) is 0 Å². The molecule has 0 radical (unpaired) electrons. The normalized spacial score (nSPS) is 17.9. The van der Waals surface area contributed by atoms with Gasteiger partial charge in [0, 0.05) is 20.3 Å². The maximum Gasteiger partial charge on any atom is 0.236 e. The topological polar surface area (TPSA) is 64.3 Å². The number of hydrogen-bond donors (Lipinski definition) is 2. The minimum Gasteiger partial charge on any atom is -0.385 e. The number of hydrogen-bond acceptors (Lipinski definition) is 3. The van der Waals surface area contributed by atoms with Crippen LogP contribution in [0.15, 0.2) is 0 Å². The fraction of sp³-hybridized carbons (Fsp3) is 0.923. The fourth-order valence-corrected chi connectivity index (χ4v) is 1.74. The van der Waals surface area contributed by atoms with E-state index in [1.807, 2.05) is 0 Å². The van der Waals surface area contributed by atoms with Crippen molar-refractivity contribution in [3.05, 3.63) is 0 Å². The molecule has 1 aliphatic carbocycles. The first kappa shape index (κ1) is 14.5. The molecule has 100 valence electrons. The Bertz CT molecular complexity index is 250. The van der Waals surface area contributed by atoms with Gasteiger partial charge in [-0.15, -0.1) is 0 Å². The Morgan fingerprint density at radius 2 is 2.18 bits per heavy atom. The molecule has 0 bridgehead atoms. The zero-order valence-electron chi connectivity index (χ0n) is 11.3. The van der Waals surface area contributed by atoms with Crippen LogP contribution in [0.5, 0.6) is 0 Å². The maximum absolute atomic E-state index is 11.8. The Balaban J connectivity index is 2.20. The van der Waals surface area contributed by atoms with E-state index in [1.54, 1.807) is 7.11 Å². The summed E-state index contributed by atoms with van der Waals surface area (Å²) >= 11 is 0. The molecule has 1 fully saturated rings. The van der Waals surface area contributed by atoms with E-state index in [0.717, 1.165) is 19.4 Å². The van der Waals surface area contributed by atoms with E-state index in [0.29, 0.717) is 12.5 Å². The highest BCUT2D eigenvalue weighted by atomic mass is 16.5. The molecular formula is C13H26N2O2. The lowest BCUT2D eigenvalue weighted by Crippen LogP contribution is -2.44. The first-order chi connectivity index (χ1) is 7.94. The van der Waals surface area contributed by atoms with Crippen molar-refractivity contribution in [3.63, 3.8) is 0 Å². The van der Waals surface area contributed by atoms with E-state index in [4.69, 9.17) is 10.5 Å². The number of nitrogens with two attached hydrogens (primary N) is 1. The summed E-state index contributed by atoms with van der Waals surface area (Å²) in [5.74, 6) is 0.680. The van der Waals surface area contributed by atoms with E-state index in [2.05, 4.69) is 19.2 Å². The van der Waals surface area contributed by atoms with Crippen LogP contribution in [0.25, 0.3) is 0 Å². The number of nitrogens with one attached hydrogen (secondary N) is 1. The largest absolute Gasteiger partial charge is 0.385 e. The van der Waals surface area contributed by atoms with Crippen LogP contribution < -0.4 is 11.1 Å². The number of ether oxygens (including phenoxy) is 1. The average molecular weight is 242 g/mol. The second kappa shape index (κ2) is 6.36. The van der Waals surface area contributed by atoms with Crippen molar-refractivity contribution in [1.29, 1.82) is 0 Å². The van der Waals surface area contributed by atoms with Crippen LogP contribution in [-0.4, -0.2) is 32.2 Å². The highest BCUT2D eigenvalue weighted by Crippen LogP contribution is 2.33. The van der Waals surface area contributed by atoms with Gasteiger partial charge in [-0.2, -0.15) is 0 Å². The predicted molar refractivity (Wildman–Crippen MR) is 68.6 cm³/mol. The van der Waals surface area contributed by atoms with Crippen LogP contribution >= 0.6 is 0 Å². The maximum atomic E-state index is 11.8. The summed E-state index contributed by atoms with van der Waals surface area (Å²) in [6, 6.07) is -0.333. The van der Waals surface area contributed by atoms with Gasteiger partial charge in [0.05, 0.1) is 6.04 Å². The molecule has 17 heavy (non-hydrogen) atoms. The highest BCUT2D eigenvalue weighted by molar-refractivity contribution is 5.81. The van der Waals surface area contributed by atoms with E-state index in [9.17, 15) is 4.79 Å². The van der Waals surface area contributed by atoms with Crippen LogP contribution in [0.2, 0.25) is 0 Å². The SMILES string of the molecule is COCCC(C)(C)CNC(=O)[C@@H](N)CC1CC1. The van der Waals surface area contributed by atoms with Crippen LogP contribution in [0.4, 0.5) is 0 Å². The van der Waals surface area contributed by atoms with E-state index < -0.39 is 0 Å². The lowest BCUT2D eigenvalue weighted by atomic mass is 9.89. The molecule has 4 nitrogen and oxygen atoms in total. The van der Waals surface area contributed by atoms with Gasteiger partial charge in [0.2, 0.25) is 5.91 Å². The molecular weight excluding hydrogens is 216 g/mol.